The molecule has 3 aromatic rings. The van der Waals surface area contributed by atoms with Gasteiger partial charge in [-0.15, -0.1) is 0 Å². The molecule has 0 radical (unpaired) electrons. The van der Waals surface area contributed by atoms with Gasteiger partial charge in [0.25, 0.3) is 0 Å². The molecule has 0 aliphatic carbocycles. The number of halogens is 2. The molecule has 0 unspecified atom stereocenters. The first kappa shape index (κ1) is 13.1. The zero-order valence-electron chi connectivity index (χ0n) is 10.2. The van der Waals surface area contributed by atoms with Crippen molar-refractivity contribution in [3.05, 3.63) is 52.2 Å². The van der Waals surface area contributed by atoms with Crippen LogP contribution >= 0.6 is 27.5 Å². The first-order chi connectivity index (χ1) is 9.63. The van der Waals surface area contributed by atoms with Gasteiger partial charge in [-0.25, -0.2) is 9.97 Å². The van der Waals surface area contributed by atoms with E-state index in [1.807, 2.05) is 12.1 Å². The van der Waals surface area contributed by atoms with Gasteiger partial charge < -0.3 is 10.5 Å². The van der Waals surface area contributed by atoms with Crippen molar-refractivity contribution in [3.63, 3.8) is 0 Å². The molecule has 0 atom stereocenters. The maximum absolute atomic E-state index is 6.14. The molecule has 2 aromatic carbocycles. The molecule has 0 aliphatic rings. The molecule has 1 aromatic heterocycles. The third-order valence-corrected chi connectivity index (χ3v) is 3.51. The van der Waals surface area contributed by atoms with E-state index in [2.05, 4.69) is 25.9 Å². The number of hydrogen-bond donors (Lipinski definition) is 1. The summed E-state index contributed by atoms with van der Waals surface area (Å²) in [4.78, 5) is 8.32. The van der Waals surface area contributed by atoms with Gasteiger partial charge in [0.15, 0.2) is 0 Å². The Bertz CT molecular complexity index is 794. The SMILES string of the molecule is Nc1ccc2ncnc(Oc3ccc(Br)cc3Cl)c2c1. The minimum Gasteiger partial charge on any atom is -0.437 e. The van der Waals surface area contributed by atoms with Gasteiger partial charge in [-0.3, -0.25) is 0 Å². The maximum atomic E-state index is 6.14. The van der Waals surface area contributed by atoms with Crippen molar-refractivity contribution in [2.24, 2.45) is 0 Å². The average molecular weight is 351 g/mol. The Morgan fingerprint density at radius 2 is 1.95 bits per heavy atom. The van der Waals surface area contributed by atoms with Crippen LogP contribution < -0.4 is 10.5 Å². The summed E-state index contributed by atoms with van der Waals surface area (Å²) in [5.41, 5.74) is 7.18. The number of aromatic nitrogens is 2. The van der Waals surface area contributed by atoms with Crippen LogP contribution in [0.1, 0.15) is 0 Å². The molecule has 1 heterocycles. The third-order valence-electron chi connectivity index (χ3n) is 2.72. The molecule has 0 saturated carbocycles. The Morgan fingerprint density at radius 3 is 2.75 bits per heavy atom. The average Bonchev–Trinajstić information content (AvgIpc) is 2.42. The van der Waals surface area contributed by atoms with Gasteiger partial charge in [0.2, 0.25) is 5.88 Å². The zero-order valence-corrected chi connectivity index (χ0v) is 12.5. The number of hydrogen-bond acceptors (Lipinski definition) is 4. The van der Waals surface area contributed by atoms with Crippen LogP contribution in [-0.2, 0) is 0 Å². The molecule has 20 heavy (non-hydrogen) atoms. The van der Waals surface area contributed by atoms with Crippen LogP contribution in [0.25, 0.3) is 10.9 Å². The van der Waals surface area contributed by atoms with Crippen LogP contribution in [0.3, 0.4) is 0 Å². The largest absolute Gasteiger partial charge is 0.437 e. The normalized spacial score (nSPS) is 10.7. The first-order valence-corrected chi connectivity index (χ1v) is 6.94. The second kappa shape index (κ2) is 5.26. The summed E-state index contributed by atoms with van der Waals surface area (Å²) in [5.74, 6) is 0.948. The number of rotatable bonds is 2. The Kier molecular flexibility index (Phi) is 3.46. The number of anilines is 1. The molecule has 0 fully saturated rings. The monoisotopic (exact) mass is 349 g/mol. The van der Waals surface area contributed by atoms with Gasteiger partial charge in [0.1, 0.15) is 12.1 Å². The molecule has 0 aliphatic heterocycles. The van der Waals surface area contributed by atoms with Gasteiger partial charge in [-0.2, -0.15) is 0 Å². The molecule has 6 heteroatoms. The van der Waals surface area contributed by atoms with Crippen molar-refractivity contribution in [3.8, 4) is 11.6 Å². The predicted molar refractivity (Wildman–Crippen MR) is 83.2 cm³/mol. The number of nitrogens with zero attached hydrogens (tertiary/aromatic N) is 2. The molecule has 2 N–H and O–H groups in total. The van der Waals surface area contributed by atoms with Crippen molar-refractivity contribution >= 4 is 44.1 Å². The topological polar surface area (TPSA) is 61.0 Å². The van der Waals surface area contributed by atoms with Crippen molar-refractivity contribution in [1.82, 2.24) is 9.97 Å². The molecule has 0 spiro atoms. The van der Waals surface area contributed by atoms with E-state index in [9.17, 15) is 0 Å². The molecule has 0 bridgehead atoms. The zero-order chi connectivity index (χ0) is 14.1. The summed E-state index contributed by atoms with van der Waals surface area (Å²) >= 11 is 9.49. The predicted octanol–water partition coefficient (Wildman–Crippen LogP) is 4.42. The summed E-state index contributed by atoms with van der Waals surface area (Å²) < 4.78 is 6.65. The van der Waals surface area contributed by atoms with E-state index in [0.29, 0.717) is 22.3 Å². The van der Waals surface area contributed by atoms with Crippen molar-refractivity contribution in [1.29, 1.82) is 0 Å². The number of fused-ring (bicyclic) bond motifs is 1. The van der Waals surface area contributed by atoms with E-state index >= 15 is 0 Å². The highest BCUT2D eigenvalue weighted by atomic mass is 79.9. The van der Waals surface area contributed by atoms with E-state index in [1.165, 1.54) is 6.33 Å². The molecule has 0 saturated heterocycles. The van der Waals surface area contributed by atoms with E-state index < -0.39 is 0 Å². The highest BCUT2D eigenvalue weighted by Gasteiger charge is 2.09. The first-order valence-electron chi connectivity index (χ1n) is 5.76. The standard InChI is InChI=1S/C14H9BrClN3O/c15-8-1-4-13(11(16)5-8)20-14-10-6-9(17)2-3-12(10)18-7-19-14/h1-7H,17H2. The molecular weight excluding hydrogens is 342 g/mol. The fourth-order valence-corrected chi connectivity index (χ4v) is 2.51. The number of nitrogen functional groups attached to an aromatic ring is 1. The highest BCUT2D eigenvalue weighted by Crippen LogP contribution is 2.33. The number of ether oxygens (including phenoxy) is 1. The summed E-state index contributed by atoms with van der Waals surface area (Å²) in [6, 6.07) is 10.8. The van der Waals surface area contributed by atoms with Crippen LogP contribution in [0.15, 0.2) is 47.2 Å². The van der Waals surface area contributed by atoms with Crippen LogP contribution in [0.5, 0.6) is 11.6 Å². The van der Waals surface area contributed by atoms with E-state index in [1.54, 1.807) is 24.3 Å². The van der Waals surface area contributed by atoms with Crippen LogP contribution in [0, 0.1) is 0 Å². The molecule has 0 amide bonds. The van der Waals surface area contributed by atoms with Gasteiger partial charge >= 0.3 is 0 Å². The Hall–Kier alpha value is -1.85. The lowest BCUT2D eigenvalue weighted by Gasteiger charge is -2.09. The van der Waals surface area contributed by atoms with Crippen molar-refractivity contribution in [2.75, 3.05) is 5.73 Å². The number of benzene rings is 2. The minimum absolute atomic E-state index is 0.423. The van der Waals surface area contributed by atoms with Crippen LogP contribution in [0.4, 0.5) is 5.69 Å². The van der Waals surface area contributed by atoms with Gasteiger partial charge in [0, 0.05) is 10.2 Å². The smallest absolute Gasteiger partial charge is 0.230 e. The summed E-state index contributed by atoms with van der Waals surface area (Å²) in [7, 11) is 0. The molecule has 3 rings (SSSR count). The lowest BCUT2D eigenvalue weighted by molar-refractivity contribution is 0.468. The third kappa shape index (κ3) is 2.55. The van der Waals surface area contributed by atoms with Gasteiger partial charge in [0.05, 0.1) is 15.9 Å². The molecule has 100 valence electrons. The highest BCUT2D eigenvalue weighted by molar-refractivity contribution is 9.10. The van der Waals surface area contributed by atoms with Crippen LogP contribution in [0.2, 0.25) is 5.02 Å². The van der Waals surface area contributed by atoms with Gasteiger partial charge in [-0.05, 0) is 36.4 Å². The van der Waals surface area contributed by atoms with Crippen molar-refractivity contribution in [2.45, 2.75) is 0 Å². The molecule has 4 nitrogen and oxygen atoms in total. The Balaban J connectivity index is 2.08. The summed E-state index contributed by atoms with van der Waals surface area (Å²) in [6.07, 6.45) is 1.45. The van der Waals surface area contributed by atoms with Crippen molar-refractivity contribution < 1.29 is 4.74 Å². The van der Waals surface area contributed by atoms with Gasteiger partial charge in [-0.1, -0.05) is 27.5 Å². The molecular formula is C14H9BrClN3O. The maximum Gasteiger partial charge on any atom is 0.230 e. The Morgan fingerprint density at radius 1 is 1.10 bits per heavy atom. The fraction of sp³-hybridized carbons (Fsp3) is 0. The Labute approximate surface area is 128 Å². The van der Waals surface area contributed by atoms with E-state index in [0.717, 1.165) is 15.4 Å². The number of nitrogens with two attached hydrogens (primary N) is 1. The lowest BCUT2D eigenvalue weighted by atomic mass is 10.2. The summed E-state index contributed by atoms with van der Waals surface area (Å²) in [5, 5.41) is 1.24. The lowest BCUT2D eigenvalue weighted by Crippen LogP contribution is -1.93. The second-order valence-electron chi connectivity index (χ2n) is 4.13. The quantitative estimate of drug-likeness (QED) is 0.695. The second-order valence-corrected chi connectivity index (χ2v) is 5.46. The van der Waals surface area contributed by atoms with E-state index in [-0.39, 0.29) is 0 Å². The minimum atomic E-state index is 0.423. The van der Waals surface area contributed by atoms with Crippen LogP contribution in [-0.4, -0.2) is 9.97 Å². The fourth-order valence-electron chi connectivity index (χ4n) is 1.79. The van der Waals surface area contributed by atoms with E-state index in [4.69, 9.17) is 22.1 Å². The summed E-state index contributed by atoms with van der Waals surface area (Å²) in [6.45, 7) is 0.